The molecule has 3 aromatic rings. The first-order valence-electron chi connectivity index (χ1n) is 10.1. The number of rotatable bonds is 5. The maximum Gasteiger partial charge on any atom is 0.320 e. The van der Waals surface area contributed by atoms with Gasteiger partial charge in [0, 0.05) is 37.6 Å². The molecule has 0 aliphatic carbocycles. The second kappa shape index (κ2) is 8.21. The van der Waals surface area contributed by atoms with E-state index in [9.17, 15) is 9.90 Å². The minimum Gasteiger partial charge on any atom is -0.480 e. The second-order valence-electron chi connectivity index (χ2n) is 7.96. The SMILES string of the molecule is CN(C)c1ccc(C(c2ccc3cnccc3c2)N2CCCCC2C(=O)O)cc1. The van der Waals surface area contributed by atoms with Gasteiger partial charge in [0.1, 0.15) is 6.04 Å². The lowest BCUT2D eigenvalue weighted by Crippen LogP contribution is -2.46. The first-order chi connectivity index (χ1) is 14.0. The van der Waals surface area contributed by atoms with Crippen LogP contribution in [0.2, 0.25) is 0 Å². The monoisotopic (exact) mass is 389 g/mol. The molecule has 1 aromatic heterocycles. The standard InChI is InChI=1S/C24H27N3O2/c1-26(2)21-10-8-17(9-11-21)23(27-14-4-3-5-22(27)24(28)29)19-6-7-20-16-25-13-12-18(20)15-19/h6-13,15-16,22-23H,3-5,14H2,1-2H3,(H,28,29). The Labute approximate surface area is 171 Å². The fourth-order valence-electron chi connectivity index (χ4n) is 4.33. The Morgan fingerprint density at radius 3 is 2.55 bits per heavy atom. The molecule has 150 valence electrons. The number of hydrogen-bond acceptors (Lipinski definition) is 4. The summed E-state index contributed by atoms with van der Waals surface area (Å²) in [6.07, 6.45) is 6.34. The molecule has 0 saturated carbocycles. The molecular weight excluding hydrogens is 362 g/mol. The molecule has 29 heavy (non-hydrogen) atoms. The average Bonchev–Trinajstić information content (AvgIpc) is 2.74. The summed E-state index contributed by atoms with van der Waals surface area (Å²) in [5.41, 5.74) is 3.37. The smallest absolute Gasteiger partial charge is 0.320 e. The number of piperidine rings is 1. The molecule has 2 heterocycles. The number of benzene rings is 2. The van der Waals surface area contributed by atoms with Gasteiger partial charge in [0.25, 0.3) is 0 Å². The Kier molecular flexibility index (Phi) is 5.49. The number of likely N-dealkylation sites (tertiary alicyclic amines) is 1. The quantitative estimate of drug-likeness (QED) is 0.704. The lowest BCUT2D eigenvalue weighted by atomic mass is 9.90. The summed E-state index contributed by atoms with van der Waals surface area (Å²) in [6.45, 7) is 0.783. The molecule has 1 N–H and O–H groups in total. The fourth-order valence-corrected chi connectivity index (χ4v) is 4.33. The highest BCUT2D eigenvalue weighted by molar-refractivity contribution is 5.82. The Morgan fingerprint density at radius 1 is 1.07 bits per heavy atom. The first-order valence-corrected chi connectivity index (χ1v) is 10.1. The van der Waals surface area contributed by atoms with Gasteiger partial charge < -0.3 is 10.0 Å². The van der Waals surface area contributed by atoms with Crippen LogP contribution >= 0.6 is 0 Å². The predicted molar refractivity (Wildman–Crippen MR) is 116 cm³/mol. The predicted octanol–water partition coefficient (Wildman–Crippen LogP) is 4.33. The van der Waals surface area contributed by atoms with Crippen molar-refractivity contribution >= 4 is 22.4 Å². The van der Waals surface area contributed by atoms with Gasteiger partial charge in [-0.15, -0.1) is 0 Å². The maximum absolute atomic E-state index is 12.0. The molecule has 1 aliphatic heterocycles. The van der Waals surface area contributed by atoms with E-state index in [0.717, 1.165) is 47.0 Å². The number of aliphatic carboxylic acids is 1. The van der Waals surface area contributed by atoms with Gasteiger partial charge >= 0.3 is 5.97 Å². The lowest BCUT2D eigenvalue weighted by molar-refractivity contribution is -0.145. The summed E-state index contributed by atoms with van der Waals surface area (Å²) in [5, 5.41) is 12.1. The Bertz CT molecular complexity index is 1000. The summed E-state index contributed by atoms with van der Waals surface area (Å²) in [7, 11) is 4.05. The second-order valence-corrected chi connectivity index (χ2v) is 7.96. The van der Waals surface area contributed by atoms with E-state index < -0.39 is 12.0 Å². The van der Waals surface area contributed by atoms with Crippen LogP contribution < -0.4 is 4.90 Å². The van der Waals surface area contributed by atoms with Gasteiger partial charge in [-0.05, 0) is 60.2 Å². The van der Waals surface area contributed by atoms with Crippen LogP contribution in [0.15, 0.2) is 60.9 Å². The van der Waals surface area contributed by atoms with Crippen molar-refractivity contribution in [1.82, 2.24) is 9.88 Å². The minimum absolute atomic E-state index is 0.0924. The number of pyridine rings is 1. The molecule has 2 aromatic carbocycles. The third-order valence-electron chi connectivity index (χ3n) is 5.87. The van der Waals surface area contributed by atoms with E-state index in [1.54, 1.807) is 6.20 Å². The van der Waals surface area contributed by atoms with Gasteiger partial charge in [0.05, 0.1) is 6.04 Å². The zero-order chi connectivity index (χ0) is 20.4. The fraction of sp³-hybridized carbons (Fsp3) is 0.333. The largest absolute Gasteiger partial charge is 0.480 e. The molecule has 0 spiro atoms. The van der Waals surface area contributed by atoms with Crippen molar-refractivity contribution in [2.45, 2.75) is 31.3 Å². The van der Waals surface area contributed by atoms with Crippen LogP contribution in [0.5, 0.6) is 0 Å². The molecule has 0 radical (unpaired) electrons. The van der Waals surface area contributed by atoms with Crippen LogP contribution in [0.25, 0.3) is 10.8 Å². The molecule has 4 rings (SSSR count). The summed E-state index contributed by atoms with van der Waals surface area (Å²) in [5.74, 6) is -0.732. The van der Waals surface area contributed by atoms with Crippen LogP contribution in [0, 0.1) is 0 Å². The molecule has 0 amide bonds. The van der Waals surface area contributed by atoms with Gasteiger partial charge in [-0.2, -0.15) is 0 Å². The maximum atomic E-state index is 12.0. The van der Waals surface area contributed by atoms with Crippen LogP contribution in [0.4, 0.5) is 5.69 Å². The number of carboxylic acids is 1. The van der Waals surface area contributed by atoms with Gasteiger partial charge in [-0.1, -0.05) is 30.7 Å². The molecule has 1 aliphatic rings. The van der Waals surface area contributed by atoms with E-state index in [2.05, 4.69) is 57.2 Å². The summed E-state index contributed by atoms with van der Waals surface area (Å²) in [4.78, 5) is 20.5. The lowest BCUT2D eigenvalue weighted by Gasteiger charge is -2.39. The zero-order valence-corrected chi connectivity index (χ0v) is 17.0. The molecule has 0 bridgehead atoms. The van der Waals surface area contributed by atoms with Crippen LogP contribution in [0.3, 0.4) is 0 Å². The van der Waals surface area contributed by atoms with E-state index in [1.807, 2.05) is 26.4 Å². The van der Waals surface area contributed by atoms with E-state index >= 15 is 0 Å². The number of hydrogen-bond donors (Lipinski definition) is 1. The van der Waals surface area contributed by atoms with Gasteiger partial charge in [0.15, 0.2) is 0 Å². The number of carbonyl (C=O) groups is 1. The van der Waals surface area contributed by atoms with E-state index in [-0.39, 0.29) is 6.04 Å². The van der Waals surface area contributed by atoms with Gasteiger partial charge in [-0.3, -0.25) is 14.7 Å². The third-order valence-corrected chi connectivity index (χ3v) is 5.87. The van der Waals surface area contributed by atoms with Crippen molar-refractivity contribution in [2.24, 2.45) is 0 Å². The van der Waals surface area contributed by atoms with Crippen LogP contribution in [-0.2, 0) is 4.79 Å². The van der Waals surface area contributed by atoms with Crippen molar-refractivity contribution in [3.05, 3.63) is 72.1 Å². The van der Waals surface area contributed by atoms with E-state index in [0.29, 0.717) is 6.42 Å². The van der Waals surface area contributed by atoms with Crippen molar-refractivity contribution < 1.29 is 9.90 Å². The van der Waals surface area contributed by atoms with Gasteiger partial charge in [-0.25, -0.2) is 0 Å². The topological polar surface area (TPSA) is 56.7 Å². The molecular formula is C24H27N3O2. The molecule has 2 unspecified atom stereocenters. The Morgan fingerprint density at radius 2 is 1.83 bits per heavy atom. The molecule has 1 fully saturated rings. The van der Waals surface area contributed by atoms with Crippen molar-refractivity contribution in [3.63, 3.8) is 0 Å². The van der Waals surface area contributed by atoms with Crippen molar-refractivity contribution in [3.8, 4) is 0 Å². The van der Waals surface area contributed by atoms with Gasteiger partial charge in [0.2, 0.25) is 0 Å². The van der Waals surface area contributed by atoms with Crippen molar-refractivity contribution in [1.29, 1.82) is 0 Å². The van der Waals surface area contributed by atoms with E-state index in [1.165, 1.54) is 0 Å². The Balaban J connectivity index is 1.82. The van der Waals surface area contributed by atoms with E-state index in [4.69, 9.17) is 0 Å². The number of fused-ring (bicyclic) bond motifs is 1. The first kappa shape index (κ1) is 19.4. The average molecular weight is 389 g/mol. The van der Waals surface area contributed by atoms with Crippen LogP contribution in [0.1, 0.15) is 36.4 Å². The number of nitrogens with zero attached hydrogens (tertiary/aromatic N) is 3. The zero-order valence-electron chi connectivity index (χ0n) is 17.0. The molecule has 5 heteroatoms. The number of anilines is 1. The highest BCUT2D eigenvalue weighted by atomic mass is 16.4. The summed E-state index contributed by atoms with van der Waals surface area (Å²) >= 11 is 0. The summed E-state index contributed by atoms with van der Waals surface area (Å²) < 4.78 is 0. The van der Waals surface area contributed by atoms with Crippen LogP contribution in [-0.4, -0.2) is 47.6 Å². The molecule has 1 saturated heterocycles. The number of aromatic nitrogens is 1. The molecule has 5 nitrogen and oxygen atoms in total. The molecule has 2 atom stereocenters. The normalized spacial score (nSPS) is 18.5. The number of carboxylic acid groups (broad SMARTS) is 1. The Hall–Kier alpha value is -2.92. The minimum atomic E-state index is -0.732. The highest BCUT2D eigenvalue weighted by Gasteiger charge is 2.35. The third kappa shape index (κ3) is 3.96. The summed E-state index contributed by atoms with van der Waals surface area (Å²) in [6, 6.07) is 16.3. The van der Waals surface area contributed by atoms with Crippen molar-refractivity contribution in [2.75, 3.05) is 25.5 Å². The highest BCUT2D eigenvalue weighted by Crippen LogP contribution is 2.36.